The molecule has 0 aromatic rings. The van der Waals surface area contributed by atoms with Crippen LogP contribution < -0.4 is 5.32 Å². The first-order chi connectivity index (χ1) is 5.57. The molecule has 2 N–H and O–H groups in total. The molecule has 1 aliphatic heterocycles. The van der Waals surface area contributed by atoms with E-state index < -0.39 is 12.1 Å². The Kier molecular flexibility index (Phi) is 2.32. The lowest BCUT2D eigenvalue weighted by Gasteiger charge is -2.33. The van der Waals surface area contributed by atoms with Crippen molar-refractivity contribution in [3.63, 3.8) is 0 Å². The van der Waals surface area contributed by atoms with Gasteiger partial charge >= 0.3 is 0 Å². The van der Waals surface area contributed by atoms with Crippen molar-refractivity contribution in [3.8, 4) is 0 Å². The van der Waals surface area contributed by atoms with Gasteiger partial charge in [0.15, 0.2) is 0 Å². The second kappa shape index (κ2) is 3.10. The molecule has 1 fully saturated rings. The number of carbonyl (C=O) groups is 2. The van der Waals surface area contributed by atoms with Crippen LogP contribution in [0.15, 0.2) is 0 Å². The molecule has 0 unspecified atom stereocenters. The minimum absolute atomic E-state index is 0.173. The molecule has 1 aliphatic rings. The van der Waals surface area contributed by atoms with E-state index in [-0.39, 0.29) is 18.4 Å². The Hall–Kier alpha value is -1.10. The van der Waals surface area contributed by atoms with E-state index >= 15 is 0 Å². The first-order valence-electron chi connectivity index (χ1n) is 3.76. The van der Waals surface area contributed by atoms with Gasteiger partial charge in [0.2, 0.25) is 11.8 Å². The van der Waals surface area contributed by atoms with E-state index in [1.54, 1.807) is 6.92 Å². The third kappa shape index (κ3) is 1.27. The number of aliphatic hydroxyl groups excluding tert-OH is 1. The molecule has 68 valence electrons. The lowest BCUT2D eigenvalue weighted by atomic mass is 10.1. The number of nitrogens with one attached hydrogen (secondary N) is 1. The molecule has 0 aromatic heterocycles. The summed E-state index contributed by atoms with van der Waals surface area (Å²) in [5.41, 5.74) is 0. The van der Waals surface area contributed by atoms with Gasteiger partial charge in [0.25, 0.3) is 0 Å². The third-order valence-corrected chi connectivity index (χ3v) is 2.02. The van der Waals surface area contributed by atoms with Crippen LogP contribution in [0.4, 0.5) is 0 Å². The average Bonchev–Trinajstić information content (AvgIpc) is 2.01. The molecule has 0 bridgehead atoms. The van der Waals surface area contributed by atoms with Crippen molar-refractivity contribution < 1.29 is 14.7 Å². The summed E-state index contributed by atoms with van der Waals surface area (Å²) in [6.07, 6.45) is 0. The summed E-state index contributed by atoms with van der Waals surface area (Å²) in [6, 6.07) is -1.21. The van der Waals surface area contributed by atoms with Crippen LogP contribution in [0.3, 0.4) is 0 Å². The topological polar surface area (TPSA) is 69.6 Å². The second-order valence-electron chi connectivity index (χ2n) is 2.88. The van der Waals surface area contributed by atoms with Gasteiger partial charge in [-0.2, -0.15) is 0 Å². The lowest BCUT2D eigenvalue weighted by molar-refractivity contribution is -0.148. The van der Waals surface area contributed by atoms with Crippen LogP contribution in [-0.4, -0.2) is 47.6 Å². The van der Waals surface area contributed by atoms with Crippen molar-refractivity contribution in [2.45, 2.75) is 19.0 Å². The smallest absolute Gasteiger partial charge is 0.245 e. The number of piperazine rings is 1. The molecule has 1 heterocycles. The van der Waals surface area contributed by atoms with Crippen LogP contribution in [0.2, 0.25) is 0 Å². The molecule has 1 saturated heterocycles. The van der Waals surface area contributed by atoms with Crippen molar-refractivity contribution in [2.24, 2.45) is 0 Å². The fourth-order valence-electron chi connectivity index (χ4n) is 1.21. The fourth-order valence-corrected chi connectivity index (χ4v) is 1.21. The highest BCUT2D eigenvalue weighted by Crippen LogP contribution is 2.06. The maximum atomic E-state index is 11.2. The highest BCUT2D eigenvalue weighted by atomic mass is 16.3. The molecule has 2 amide bonds. The molecule has 5 heteroatoms. The van der Waals surface area contributed by atoms with Crippen molar-refractivity contribution >= 4 is 11.8 Å². The van der Waals surface area contributed by atoms with Crippen molar-refractivity contribution in [3.05, 3.63) is 0 Å². The van der Waals surface area contributed by atoms with Crippen LogP contribution in [0, 0.1) is 0 Å². The second-order valence-corrected chi connectivity index (χ2v) is 2.88. The number of likely N-dealkylation sites (N-methyl/N-ethyl adjacent to an activating group) is 1. The van der Waals surface area contributed by atoms with Gasteiger partial charge in [0, 0.05) is 7.05 Å². The highest BCUT2D eigenvalue weighted by molar-refractivity contribution is 5.96. The molecule has 1 rings (SSSR count). The molecular weight excluding hydrogens is 160 g/mol. The number of aliphatic hydroxyl groups is 1. The van der Waals surface area contributed by atoms with E-state index in [0.717, 1.165) is 0 Å². The van der Waals surface area contributed by atoms with E-state index in [0.29, 0.717) is 0 Å². The summed E-state index contributed by atoms with van der Waals surface area (Å²) < 4.78 is 0. The van der Waals surface area contributed by atoms with Crippen LogP contribution >= 0.6 is 0 Å². The first kappa shape index (κ1) is 8.99. The summed E-state index contributed by atoms with van der Waals surface area (Å²) in [4.78, 5) is 23.6. The quantitative estimate of drug-likeness (QED) is 0.496. The first-order valence-corrected chi connectivity index (χ1v) is 3.76. The zero-order chi connectivity index (χ0) is 9.30. The number of amides is 2. The molecule has 0 aliphatic carbocycles. The van der Waals surface area contributed by atoms with Gasteiger partial charge in [-0.25, -0.2) is 0 Å². The molecule has 0 radical (unpaired) electrons. The Bertz CT molecular complexity index is 217. The Morgan fingerprint density at radius 1 is 1.58 bits per heavy atom. The number of hydrogen-bond donors (Lipinski definition) is 2. The zero-order valence-corrected chi connectivity index (χ0v) is 7.07. The predicted octanol–water partition coefficient (Wildman–Crippen LogP) is -1.68. The average molecular weight is 172 g/mol. The van der Waals surface area contributed by atoms with Crippen molar-refractivity contribution in [1.29, 1.82) is 0 Å². The van der Waals surface area contributed by atoms with Gasteiger partial charge in [-0.3, -0.25) is 9.59 Å². The maximum Gasteiger partial charge on any atom is 0.245 e. The maximum absolute atomic E-state index is 11.2. The van der Waals surface area contributed by atoms with E-state index in [4.69, 9.17) is 5.11 Å². The van der Waals surface area contributed by atoms with Gasteiger partial charge < -0.3 is 15.3 Å². The summed E-state index contributed by atoms with van der Waals surface area (Å²) in [6.45, 7) is 1.28. The van der Waals surface area contributed by atoms with E-state index in [2.05, 4.69) is 5.32 Å². The summed E-state index contributed by atoms with van der Waals surface area (Å²) >= 11 is 0. The van der Waals surface area contributed by atoms with Gasteiger partial charge in [-0.1, -0.05) is 0 Å². The third-order valence-electron chi connectivity index (χ3n) is 2.02. The Balaban J connectivity index is 2.79. The summed E-state index contributed by atoms with van der Waals surface area (Å²) in [5, 5.41) is 11.3. The van der Waals surface area contributed by atoms with E-state index in [1.165, 1.54) is 11.9 Å². The summed E-state index contributed by atoms with van der Waals surface area (Å²) in [5.74, 6) is -0.472. The monoisotopic (exact) mass is 172 g/mol. The Labute approximate surface area is 70.4 Å². The largest absolute Gasteiger partial charge is 0.394 e. The highest BCUT2D eigenvalue weighted by Gasteiger charge is 2.35. The number of rotatable bonds is 1. The van der Waals surface area contributed by atoms with Crippen LogP contribution in [0.1, 0.15) is 6.92 Å². The predicted molar refractivity (Wildman–Crippen MR) is 41.2 cm³/mol. The Morgan fingerprint density at radius 3 is 2.67 bits per heavy atom. The van der Waals surface area contributed by atoms with Gasteiger partial charge in [-0.05, 0) is 6.92 Å². The molecule has 0 aromatic carbocycles. The van der Waals surface area contributed by atoms with Crippen LogP contribution in [-0.2, 0) is 9.59 Å². The van der Waals surface area contributed by atoms with Crippen LogP contribution in [0.25, 0.3) is 0 Å². The molecule has 0 saturated carbocycles. The van der Waals surface area contributed by atoms with Gasteiger partial charge in [0.05, 0.1) is 6.61 Å². The molecule has 12 heavy (non-hydrogen) atoms. The Morgan fingerprint density at radius 2 is 2.17 bits per heavy atom. The zero-order valence-electron chi connectivity index (χ0n) is 7.07. The van der Waals surface area contributed by atoms with Crippen molar-refractivity contribution in [2.75, 3.05) is 13.7 Å². The van der Waals surface area contributed by atoms with Gasteiger partial charge in [0.1, 0.15) is 12.1 Å². The van der Waals surface area contributed by atoms with Crippen LogP contribution in [0.5, 0.6) is 0 Å². The number of nitrogens with zero attached hydrogens (tertiary/aromatic N) is 1. The number of carbonyl (C=O) groups excluding carboxylic acids is 2. The lowest BCUT2D eigenvalue weighted by Crippen LogP contribution is -2.62. The standard InChI is InChI=1S/C7H12N2O3/c1-4-7(12)9(2)5(3-10)6(11)8-4/h4-5,10H,3H2,1-2H3,(H,8,11)/t4-,5-/m0/s1. The molecular formula is C7H12N2O3. The summed E-state index contributed by atoms with van der Waals surface area (Å²) in [7, 11) is 1.51. The SMILES string of the molecule is C[C@@H]1NC(=O)[C@H](CO)N(C)C1=O. The minimum atomic E-state index is -0.728. The van der Waals surface area contributed by atoms with Gasteiger partial charge in [-0.15, -0.1) is 0 Å². The van der Waals surface area contributed by atoms with E-state index in [1.807, 2.05) is 0 Å². The molecule has 5 nitrogen and oxygen atoms in total. The van der Waals surface area contributed by atoms with E-state index in [9.17, 15) is 9.59 Å². The number of hydrogen-bond acceptors (Lipinski definition) is 3. The van der Waals surface area contributed by atoms with Crippen molar-refractivity contribution in [1.82, 2.24) is 10.2 Å². The normalized spacial score (nSPS) is 30.4. The molecule has 0 spiro atoms. The fraction of sp³-hybridized carbons (Fsp3) is 0.714. The minimum Gasteiger partial charge on any atom is -0.394 e. The molecule has 2 atom stereocenters.